The summed E-state index contributed by atoms with van der Waals surface area (Å²) in [6, 6.07) is 15.4. The minimum Gasteiger partial charge on any atom is -0.384 e. The molecule has 23 heavy (non-hydrogen) atoms. The number of allylic oxidation sites excluding steroid dienone is 1. The largest absolute Gasteiger partial charge is 0.384 e. The molecular weight excluding hydrogens is 293 g/mol. The normalized spacial score (nSPS) is 16.8. The number of anilines is 1. The maximum absolute atomic E-state index is 13.3. The molecule has 0 fully saturated rings. The van der Waals surface area contributed by atoms with Crippen molar-refractivity contribution in [2.45, 2.75) is 6.04 Å². The minimum absolute atomic E-state index is 0.268. The maximum atomic E-state index is 13.3. The van der Waals surface area contributed by atoms with E-state index in [-0.39, 0.29) is 11.6 Å². The average Bonchev–Trinajstić information content (AvgIpc) is 2.92. The number of hydrogen-bond donors (Lipinski definition) is 2. The van der Waals surface area contributed by atoms with Gasteiger partial charge < -0.3 is 11.1 Å². The van der Waals surface area contributed by atoms with Gasteiger partial charge in [-0.15, -0.1) is 0 Å². The highest BCUT2D eigenvalue weighted by atomic mass is 19.1. The second kappa shape index (κ2) is 4.85. The van der Waals surface area contributed by atoms with E-state index in [1.165, 1.54) is 12.1 Å². The zero-order valence-electron chi connectivity index (χ0n) is 12.0. The van der Waals surface area contributed by atoms with E-state index in [9.17, 15) is 9.65 Å². The first kappa shape index (κ1) is 13.3. The van der Waals surface area contributed by atoms with Gasteiger partial charge in [-0.05, 0) is 29.8 Å². The molecule has 5 nitrogen and oxygen atoms in total. The molecule has 0 unspecified atom stereocenters. The molecule has 0 saturated heterocycles. The van der Waals surface area contributed by atoms with Gasteiger partial charge in [0.1, 0.15) is 23.7 Å². The van der Waals surface area contributed by atoms with Crippen LogP contribution in [0.3, 0.4) is 0 Å². The Bertz CT molecular complexity index is 978. The Kier molecular flexibility index (Phi) is 2.81. The van der Waals surface area contributed by atoms with Crippen molar-refractivity contribution in [3.63, 3.8) is 0 Å². The summed E-state index contributed by atoms with van der Waals surface area (Å²) < 4.78 is 15.2. The molecule has 4 rings (SSSR count). The lowest BCUT2D eigenvalue weighted by atomic mass is 9.97. The topological polar surface area (TPSA) is 79.7 Å². The molecule has 0 saturated carbocycles. The van der Waals surface area contributed by atoms with E-state index >= 15 is 0 Å². The quantitative estimate of drug-likeness (QED) is 0.724. The van der Waals surface area contributed by atoms with Gasteiger partial charge >= 0.3 is 0 Å². The molecule has 0 aliphatic carbocycles. The number of hydrogen-bond acceptors (Lipinski definition) is 4. The molecule has 0 radical (unpaired) electrons. The highest BCUT2D eigenvalue weighted by Crippen LogP contribution is 2.37. The average molecular weight is 305 g/mol. The zero-order chi connectivity index (χ0) is 16.0. The van der Waals surface area contributed by atoms with Crippen LogP contribution in [0.2, 0.25) is 0 Å². The van der Waals surface area contributed by atoms with Crippen molar-refractivity contribution in [3.05, 3.63) is 71.3 Å². The molecular formula is C17H12FN5. The number of imidazole rings is 1. The summed E-state index contributed by atoms with van der Waals surface area (Å²) in [5.41, 5.74) is 8.84. The number of nitrogens with one attached hydrogen (secondary N) is 1. The smallest absolute Gasteiger partial charge is 0.210 e. The van der Waals surface area contributed by atoms with Crippen molar-refractivity contribution in [3.8, 4) is 6.07 Å². The van der Waals surface area contributed by atoms with Gasteiger partial charge in [0, 0.05) is 0 Å². The Morgan fingerprint density at radius 1 is 1.17 bits per heavy atom. The van der Waals surface area contributed by atoms with Crippen molar-refractivity contribution in [1.29, 1.82) is 5.26 Å². The molecule has 3 N–H and O–H groups in total. The molecule has 2 heterocycles. The van der Waals surface area contributed by atoms with E-state index < -0.39 is 6.04 Å². The number of para-hydroxylation sites is 2. The molecule has 1 aromatic heterocycles. The number of fused-ring (bicyclic) bond motifs is 3. The number of nitrogens with zero attached hydrogens (tertiary/aromatic N) is 3. The molecule has 0 amide bonds. The van der Waals surface area contributed by atoms with Crippen LogP contribution in [0, 0.1) is 17.1 Å². The predicted octanol–water partition coefficient (Wildman–Crippen LogP) is 2.88. The fourth-order valence-electron chi connectivity index (χ4n) is 2.94. The molecule has 0 bridgehead atoms. The van der Waals surface area contributed by atoms with Gasteiger partial charge in [-0.1, -0.05) is 24.3 Å². The Morgan fingerprint density at radius 3 is 2.65 bits per heavy atom. The van der Waals surface area contributed by atoms with E-state index in [0.717, 1.165) is 16.6 Å². The first-order valence-electron chi connectivity index (χ1n) is 7.08. The van der Waals surface area contributed by atoms with Crippen molar-refractivity contribution in [2.24, 2.45) is 5.73 Å². The first-order valence-corrected chi connectivity index (χ1v) is 7.08. The first-order chi connectivity index (χ1) is 11.2. The molecule has 3 aromatic rings. The summed E-state index contributed by atoms with van der Waals surface area (Å²) >= 11 is 0. The van der Waals surface area contributed by atoms with Crippen LogP contribution in [-0.4, -0.2) is 9.55 Å². The number of halogens is 1. The Labute approximate surface area is 131 Å². The number of aromatic nitrogens is 2. The van der Waals surface area contributed by atoms with Crippen LogP contribution in [0.15, 0.2) is 59.9 Å². The maximum Gasteiger partial charge on any atom is 0.210 e. The molecule has 2 aromatic carbocycles. The second-order valence-electron chi connectivity index (χ2n) is 5.31. The van der Waals surface area contributed by atoms with E-state index in [2.05, 4.69) is 16.4 Å². The third-order valence-electron chi connectivity index (χ3n) is 3.97. The van der Waals surface area contributed by atoms with Gasteiger partial charge in [0.2, 0.25) is 5.95 Å². The monoisotopic (exact) mass is 305 g/mol. The van der Waals surface area contributed by atoms with Gasteiger partial charge in [0.15, 0.2) is 0 Å². The highest BCUT2D eigenvalue weighted by molar-refractivity contribution is 5.80. The standard InChI is InChI=1S/C17H12FN5/c18-11-7-5-10(6-8-11)15-12(9-19)16(20)22-17-21-13-3-1-2-4-14(13)23(15)17/h1-8,15H,20H2,(H,21,22)/t15-/m0/s1. The van der Waals surface area contributed by atoms with Crippen LogP contribution in [0.4, 0.5) is 10.3 Å². The highest BCUT2D eigenvalue weighted by Gasteiger charge is 2.30. The number of rotatable bonds is 1. The van der Waals surface area contributed by atoms with Crippen LogP contribution < -0.4 is 11.1 Å². The number of nitriles is 1. The SMILES string of the molecule is N#CC1=C(N)Nc2nc3ccccc3n2[C@H]1c1ccc(F)cc1. The van der Waals surface area contributed by atoms with Crippen molar-refractivity contribution < 1.29 is 4.39 Å². The Morgan fingerprint density at radius 2 is 1.91 bits per heavy atom. The molecule has 1 aliphatic heterocycles. The van der Waals surface area contributed by atoms with Crippen molar-refractivity contribution in [1.82, 2.24) is 9.55 Å². The summed E-state index contributed by atoms with van der Waals surface area (Å²) in [7, 11) is 0. The fourth-order valence-corrected chi connectivity index (χ4v) is 2.94. The molecule has 112 valence electrons. The molecule has 1 aliphatic rings. The van der Waals surface area contributed by atoms with Gasteiger partial charge in [-0.2, -0.15) is 5.26 Å². The number of benzene rings is 2. The Balaban J connectivity index is 2.02. The summed E-state index contributed by atoms with van der Waals surface area (Å²) in [6.45, 7) is 0. The second-order valence-corrected chi connectivity index (χ2v) is 5.31. The van der Waals surface area contributed by atoms with E-state index in [1.807, 2.05) is 28.8 Å². The van der Waals surface area contributed by atoms with Gasteiger partial charge in [-0.3, -0.25) is 4.57 Å². The van der Waals surface area contributed by atoms with Gasteiger partial charge in [0.25, 0.3) is 0 Å². The van der Waals surface area contributed by atoms with Crippen molar-refractivity contribution in [2.75, 3.05) is 5.32 Å². The van der Waals surface area contributed by atoms with Gasteiger partial charge in [-0.25, -0.2) is 9.37 Å². The minimum atomic E-state index is -0.441. The molecule has 1 atom stereocenters. The summed E-state index contributed by atoms with van der Waals surface area (Å²) in [5, 5.41) is 12.5. The predicted molar refractivity (Wildman–Crippen MR) is 84.7 cm³/mol. The lowest BCUT2D eigenvalue weighted by molar-refractivity contribution is 0.623. The lowest BCUT2D eigenvalue weighted by Gasteiger charge is -2.27. The van der Waals surface area contributed by atoms with Crippen molar-refractivity contribution >= 4 is 17.0 Å². The molecule has 0 spiro atoms. The van der Waals surface area contributed by atoms with Crippen LogP contribution in [0.1, 0.15) is 11.6 Å². The summed E-state index contributed by atoms with van der Waals surface area (Å²) in [5.74, 6) is 0.510. The van der Waals surface area contributed by atoms with Crippen LogP contribution in [0.5, 0.6) is 0 Å². The third-order valence-corrected chi connectivity index (χ3v) is 3.97. The summed E-state index contributed by atoms with van der Waals surface area (Å²) in [4.78, 5) is 4.52. The third kappa shape index (κ3) is 1.94. The summed E-state index contributed by atoms with van der Waals surface area (Å²) in [6.07, 6.45) is 0. The van der Waals surface area contributed by atoms with Crippen LogP contribution in [0.25, 0.3) is 11.0 Å². The van der Waals surface area contributed by atoms with E-state index in [4.69, 9.17) is 5.73 Å². The Hall–Kier alpha value is -3.33. The van der Waals surface area contributed by atoms with Crippen LogP contribution in [-0.2, 0) is 0 Å². The van der Waals surface area contributed by atoms with Crippen LogP contribution >= 0.6 is 0 Å². The van der Waals surface area contributed by atoms with E-state index in [1.54, 1.807) is 12.1 Å². The number of nitrogens with two attached hydrogens (primary N) is 1. The fraction of sp³-hybridized carbons (Fsp3) is 0.0588. The molecule has 6 heteroatoms. The van der Waals surface area contributed by atoms with E-state index in [0.29, 0.717) is 11.5 Å². The van der Waals surface area contributed by atoms with Gasteiger partial charge in [0.05, 0.1) is 16.6 Å². The lowest BCUT2D eigenvalue weighted by Crippen LogP contribution is -2.27. The zero-order valence-corrected chi connectivity index (χ0v) is 12.0.